The first-order chi connectivity index (χ1) is 7.77. The molecule has 0 amide bonds. The molecule has 0 aliphatic heterocycles. The summed E-state index contributed by atoms with van der Waals surface area (Å²) in [6.45, 7) is 5.02. The van der Waals surface area contributed by atoms with Crippen molar-refractivity contribution >= 4 is 5.97 Å². The van der Waals surface area contributed by atoms with E-state index in [1.165, 1.54) is 19.3 Å². The molecule has 0 bridgehead atoms. The summed E-state index contributed by atoms with van der Waals surface area (Å²) in [5.74, 6) is 0.641. The van der Waals surface area contributed by atoms with Crippen LogP contribution in [-0.2, 0) is 14.3 Å². The molecule has 1 aliphatic carbocycles. The van der Waals surface area contributed by atoms with E-state index in [0.717, 1.165) is 25.2 Å². The van der Waals surface area contributed by atoms with E-state index in [1.807, 2.05) is 6.92 Å². The predicted molar refractivity (Wildman–Crippen MR) is 63.2 cm³/mol. The van der Waals surface area contributed by atoms with Crippen LogP contribution in [0.3, 0.4) is 0 Å². The van der Waals surface area contributed by atoms with Crippen LogP contribution in [0.2, 0.25) is 0 Å². The van der Waals surface area contributed by atoms with Gasteiger partial charge in [-0.15, -0.1) is 0 Å². The standard InChI is InChI=1S/C13H24O3/c1-3-6-12(13(14)15-4-2)16-10-9-11-7-5-8-11/h11-12H,3-10H2,1-2H3. The third-order valence-electron chi connectivity index (χ3n) is 3.17. The number of ether oxygens (including phenoxy) is 2. The minimum Gasteiger partial charge on any atom is -0.464 e. The zero-order valence-corrected chi connectivity index (χ0v) is 10.5. The molecule has 16 heavy (non-hydrogen) atoms. The highest BCUT2D eigenvalue weighted by Gasteiger charge is 2.21. The van der Waals surface area contributed by atoms with Gasteiger partial charge in [0, 0.05) is 6.61 Å². The Labute approximate surface area is 98.5 Å². The van der Waals surface area contributed by atoms with E-state index in [-0.39, 0.29) is 12.1 Å². The van der Waals surface area contributed by atoms with Crippen LogP contribution in [0, 0.1) is 5.92 Å². The fourth-order valence-electron chi connectivity index (χ4n) is 1.93. The second-order valence-electron chi connectivity index (χ2n) is 4.49. The van der Waals surface area contributed by atoms with Crippen molar-refractivity contribution in [3.8, 4) is 0 Å². The number of rotatable bonds is 8. The van der Waals surface area contributed by atoms with E-state index in [0.29, 0.717) is 13.2 Å². The van der Waals surface area contributed by atoms with Crippen LogP contribution in [0.25, 0.3) is 0 Å². The highest BCUT2D eigenvalue weighted by Crippen LogP contribution is 2.29. The van der Waals surface area contributed by atoms with Crippen molar-refractivity contribution in [2.45, 2.75) is 58.5 Å². The second-order valence-corrected chi connectivity index (χ2v) is 4.49. The quantitative estimate of drug-likeness (QED) is 0.599. The molecule has 1 rings (SSSR count). The first-order valence-corrected chi connectivity index (χ1v) is 6.56. The maximum Gasteiger partial charge on any atom is 0.335 e. The summed E-state index contributed by atoms with van der Waals surface area (Å²) in [7, 11) is 0. The normalized spacial score (nSPS) is 17.9. The molecule has 1 fully saturated rings. The maximum atomic E-state index is 11.5. The lowest BCUT2D eigenvalue weighted by Gasteiger charge is -2.25. The topological polar surface area (TPSA) is 35.5 Å². The average molecular weight is 228 g/mol. The van der Waals surface area contributed by atoms with Gasteiger partial charge in [-0.3, -0.25) is 0 Å². The van der Waals surface area contributed by atoms with E-state index >= 15 is 0 Å². The smallest absolute Gasteiger partial charge is 0.335 e. The van der Waals surface area contributed by atoms with Gasteiger partial charge in [-0.05, 0) is 25.7 Å². The number of esters is 1. The first-order valence-electron chi connectivity index (χ1n) is 6.56. The van der Waals surface area contributed by atoms with Gasteiger partial charge in [0.05, 0.1) is 6.61 Å². The van der Waals surface area contributed by atoms with Crippen molar-refractivity contribution in [1.82, 2.24) is 0 Å². The molecular weight excluding hydrogens is 204 g/mol. The number of carbonyl (C=O) groups is 1. The zero-order chi connectivity index (χ0) is 11.8. The van der Waals surface area contributed by atoms with E-state index in [9.17, 15) is 4.79 Å². The Morgan fingerprint density at radius 2 is 2.12 bits per heavy atom. The average Bonchev–Trinajstić information content (AvgIpc) is 2.20. The number of carbonyl (C=O) groups excluding carboxylic acids is 1. The van der Waals surface area contributed by atoms with Crippen molar-refractivity contribution in [3.05, 3.63) is 0 Å². The second kappa shape index (κ2) is 7.66. The number of hydrogen-bond donors (Lipinski definition) is 0. The molecule has 0 saturated heterocycles. The van der Waals surface area contributed by atoms with Gasteiger partial charge in [-0.25, -0.2) is 4.79 Å². The molecule has 1 unspecified atom stereocenters. The van der Waals surface area contributed by atoms with Gasteiger partial charge >= 0.3 is 5.97 Å². The van der Waals surface area contributed by atoms with Crippen LogP contribution in [0.15, 0.2) is 0 Å². The molecule has 1 atom stereocenters. The number of hydrogen-bond acceptors (Lipinski definition) is 3. The lowest BCUT2D eigenvalue weighted by molar-refractivity contribution is -0.157. The molecule has 0 aromatic carbocycles. The van der Waals surface area contributed by atoms with Gasteiger partial charge in [-0.1, -0.05) is 32.6 Å². The van der Waals surface area contributed by atoms with Gasteiger partial charge in [0.15, 0.2) is 6.10 Å². The van der Waals surface area contributed by atoms with Gasteiger partial charge < -0.3 is 9.47 Å². The molecule has 0 aromatic rings. The van der Waals surface area contributed by atoms with Crippen LogP contribution < -0.4 is 0 Å². The van der Waals surface area contributed by atoms with Crippen LogP contribution in [0.5, 0.6) is 0 Å². The minimum atomic E-state index is -0.343. The fraction of sp³-hybridized carbons (Fsp3) is 0.923. The van der Waals surface area contributed by atoms with Gasteiger partial charge in [0.1, 0.15) is 0 Å². The van der Waals surface area contributed by atoms with Crippen LogP contribution in [0.1, 0.15) is 52.4 Å². The molecule has 0 heterocycles. The summed E-state index contributed by atoms with van der Waals surface area (Å²) in [5, 5.41) is 0. The fourth-order valence-corrected chi connectivity index (χ4v) is 1.93. The molecular formula is C13H24O3. The van der Waals surface area contributed by atoms with E-state index in [4.69, 9.17) is 9.47 Å². The first kappa shape index (κ1) is 13.5. The Morgan fingerprint density at radius 3 is 2.62 bits per heavy atom. The maximum absolute atomic E-state index is 11.5. The van der Waals surface area contributed by atoms with Crippen molar-refractivity contribution in [1.29, 1.82) is 0 Å². The van der Waals surface area contributed by atoms with Gasteiger partial charge in [0.2, 0.25) is 0 Å². The minimum absolute atomic E-state index is 0.196. The van der Waals surface area contributed by atoms with E-state index in [2.05, 4.69) is 6.92 Å². The van der Waals surface area contributed by atoms with Crippen molar-refractivity contribution in [2.75, 3.05) is 13.2 Å². The van der Waals surface area contributed by atoms with Gasteiger partial charge in [-0.2, -0.15) is 0 Å². The third kappa shape index (κ3) is 4.52. The van der Waals surface area contributed by atoms with Crippen molar-refractivity contribution in [2.24, 2.45) is 5.92 Å². The zero-order valence-electron chi connectivity index (χ0n) is 10.5. The summed E-state index contributed by atoms with van der Waals surface area (Å²) in [6.07, 6.45) is 6.50. The molecule has 3 nitrogen and oxygen atoms in total. The Balaban J connectivity index is 2.17. The van der Waals surface area contributed by atoms with Crippen LogP contribution >= 0.6 is 0 Å². The van der Waals surface area contributed by atoms with Crippen molar-refractivity contribution < 1.29 is 14.3 Å². The molecule has 0 spiro atoms. The predicted octanol–water partition coefficient (Wildman–Crippen LogP) is 2.93. The lowest BCUT2D eigenvalue weighted by atomic mass is 9.83. The third-order valence-corrected chi connectivity index (χ3v) is 3.17. The summed E-state index contributed by atoms with van der Waals surface area (Å²) >= 11 is 0. The van der Waals surface area contributed by atoms with E-state index < -0.39 is 0 Å². The molecule has 94 valence electrons. The Morgan fingerprint density at radius 1 is 1.38 bits per heavy atom. The Hall–Kier alpha value is -0.570. The highest BCUT2D eigenvalue weighted by atomic mass is 16.6. The molecule has 3 heteroatoms. The largest absolute Gasteiger partial charge is 0.464 e. The summed E-state index contributed by atoms with van der Waals surface area (Å²) in [6, 6.07) is 0. The van der Waals surface area contributed by atoms with Crippen LogP contribution in [-0.4, -0.2) is 25.3 Å². The SMILES string of the molecule is CCCC(OCCC1CCC1)C(=O)OCC. The molecule has 0 N–H and O–H groups in total. The summed E-state index contributed by atoms with van der Waals surface area (Å²) in [5.41, 5.74) is 0. The Kier molecular flexibility index (Phi) is 6.46. The molecule has 0 radical (unpaired) electrons. The summed E-state index contributed by atoms with van der Waals surface area (Å²) in [4.78, 5) is 11.5. The highest BCUT2D eigenvalue weighted by molar-refractivity contribution is 5.74. The van der Waals surface area contributed by atoms with E-state index in [1.54, 1.807) is 0 Å². The lowest BCUT2D eigenvalue weighted by Crippen LogP contribution is -2.28. The summed E-state index contributed by atoms with van der Waals surface area (Å²) < 4.78 is 10.6. The monoisotopic (exact) mass is 228 g/mol. The molecule has 1 saturated carbocycles. The molecule has 0 aromatic heterocycles. The molecule has 1 aliphatic rings. The van der Waals surface area contributed by atoms with Gasteiger partial charge in [0.25, 0.3) is 0 Å². The van der Waals surface area contributed by atoms with Crippen LogP contribution in [0.4, 0.5) is 0 Å². The van der Waals surface area contributed by atoms with Crippen molar-refractivity contribution in [3.63, 3.8) is 0 Å². The Bertz CT molecular complexity index is 199.